The van der Waals surface area contributed by atoms with Gasteiger partial charge in [-0.3, -0.25) is 14.6 Å². The van der Waals surface area contributed by atoms with Crippen LogP contribution in [0.2, 0.25) is 0 Å². The lowest BCUT2D eigenvalue weighted by atomic mass is 9.74. The summed E-state index contributed by atoms with van der Waals surface area (Å²) in [6, 6.07) is 1.08. The summed E-state index contributed by atoms with van der Waals surface area (Å²) < 4.78 is 12.9. The highest BCUT2D eigenvalue weighted by atomic mass is 19.1. The van der Waals surface area contributed by atoms with Gasteiger partial charge in [-0.2, -0.15) is 0 Å². The Morgan fingerprint density at radius 2 is 2.17 bits per heavy atom. The molecule has 0 aromatic carbocycles. The molecule has 1 aliphatic carbocycles. The zero-order chi connectivity index (χ0) is 13.2. The molecule has 1 aromatic rings. The van der Waals surface area contributed by atoms with E-state index in [9.17, 15) is 14.0 Å². The summed E-state index contributed by atoms with van der Waals surface area (Å²) in [5.74, 6) is -2.03. The van der Waals surface area contributed by atoms with Crippen LogP contribution >= 0.6 is 0 Å². The zero-order valence-electron chi connectivity index (χ0n) is 9.65. The average Bonchev–Trinajstić information content (AvgIpc) is 2.25. The van der Waals surface area contributed by atoms with Gasteiger partial charge in [-0.1, -0.05) is 0 Å². The van der Waals surface area contributed by atoms with Gasteiger partial charge in [0.25, 0.3) is 5.91 Å². The molecule has 2 N–H and O–H groups in total. The monoisotopic (exact) mass is 252 g/mol. The van der Waals surface area contributed by atoms with E-state index < -0.39 is 23.2 Å². The first-order chi connectivity index (χ1) is 8.51. The number of carboxylic acids is 1. The standard InChI is InChI=1S/C12H13FN2O3/c13-9-4-8(6-14-7-9)11(18)15-12(2-1-3-12)5-10(16)17/h4,6-7H,1-3,5H2,(H,15,18)(H,16,17). The van der Waals surface area contributed by atoms with Crippen LogP contribution in [0.15, 0.2) is 18.5 Å². The third-order valence-electron chi connectivity index (χ3n) is 3.15. The molecule has 0 saturated heterocycles. The molecule has 0 radical (unpaired) electrons. The Labute approximate surface area is 103 Å². The van der Waals surface area contributed by atoms with Crippen LogP contribution in [0.5, 0.6) is 0 Å². The molecule has 1 saturated carbocycles. The number of carbonyl (C=O) groups is 2. The molecule has 0 spiro atoms. The maximum atomic E-state index is 12.9. The first-order valence-electron chi connectivity index (χ1n) is 5.66. The van der Waals surface area contributed by atoms with Crippen LogP contribution in [-0.4, -0.2) is 27.5 Å². The second kappa shape index (κ2) is 4.72. The maximum absolute atomic E-state index is 12.9. The second-order valence-corrected chi connectivity index (χ2v) is 4.55. The molecule has 5 nitrogen and oxygen atoms in total. The van der Waals surface area contributed by atoms with Crippen molar-refractivity contribution in [1.82, 2.24) is 10.3 Å². The minimum atomic E-state index is -0.952. The number of amides is 1. The van der Waals surface area contributed by atoms with E-state index in [1.54, 1.807) is 0 Å². The van der Waals surface area contributed by atoms with E-state index in [1.807, 2.05) is 0 Å². The van der Waals surface area contributed by atoms with Crippen molar-refractivity contribution in [2.75, 3.05) is 0 Å². The summed E-state index contributed by atoms with van der Waals surface area (Å²) in [5, 5.41) is 11.5. The summed E-state index contributed by atoms with van der Waals surface area (Å²) >= 11 is 0. The van der Waals surface area contributed by atoms with Crippen molar-refractivity contribution in [2.24, 2.45) is 0 Å². The minimum Gasteiger partial charge on any atom is -0.481 e. The van der Waals surface area contributed by atoms with Gasteiger partial charge in [0.2, 0.25) is 0 Å². The average molecular weight is 252 g/mol. The van der Waals surface area contributed by atoms with Crippen LogP contribution in [0.25, 0.3) is 0 Å². The predicted octanol–water partition coefficient (Wildman–Crippen LogP) is 1.35. The molecule has 1 heterocycles. The Balaban J connectivity index is 2.08. The number of nitrogens with one attached hydrogen (secondary N) is 1. The fraction of sp³-hybridized carbons (Fsp3) is 0.417. The van der Waals surface area contributed by atoms with Crippen LogP contribution in [0.3, 0.4) is 0 Å². The Kier molecular flexibility index (Phi) is 3.27. The fourth-order valence-electron chi connectivity index (χ4n) is 2.09. The van der Waals surface area contributed by atoms with Crippen molar-refractivity contribution in [2.45, 2.75) is 31.2 Å². The maximum Gasteiger partial charge on any atom is 0.305 e. The van der Waals surface area contributed by atoms with Gasteiger partial charge < -0.3 is 10.4 Å². The van der Waals surface area contributed by atoms with Crippen LogP contribution < -0.4 is 5.32 Å². The summed E-state index contributed by atoms with van der Waals surface area (Å²) in [7, 11) is 0. The van der Waals surface area contributed by atoms with E-state index >= 15 is 0 Å². The Bertz CT molecular complexity index is 486. The topological polar surface area (TPSA) is 79.3 Å². The van der Waals surface area contributed by atoms with Gasteiger partial charge in [-0.05, 0) is 25.3 Å². The van der Waals surface area contributed by atoms with Crippen molar-refractivity contribution >= 4 is 11.9 Å². The number of nitrogens with zero attached hydrogens (tertiary/aromatic N) is 1. The molecule has 18 heavy (non-hydrogen) atoms. The fourth-order valence-corrected chi connectivity index (χ4v) is 2.09. The van der Waals surface area contributed by atoms with Crippen molar-refractivity contribution in [3.05, 3.63) is 29.8 Å². The molecule has 1 fully saturated rings. The van der Waals surface area contributed by atoms with Crippen LogP contribution in [-0.2, 0) is 4.79 Å². The Morgan fingerprint density at radius 1 is 1.44 bits per heavy atom. The van der Waals surface area contributed by atoms with E-state index in [4.69, 9.17) is 5.11 Å². The van der Waals surface area contributed by atoms with Crippen molar-refractivity contribution in [3.63, 3.8) is 0 Å². The van der Waals surface area contributed by atoms with Gasteiger partial charge in [0.1, 0.15) is 5.82 Å². The predicted molar refractivity (Wildman–Crippen MR) is 60.5 cm³/mol. The highest BCUT2D eigenvalue weighted by Crippen LogP contribution is 2.35. The molecule has 96 valence electrons. The van der Waals surface area contributed by atoms with E-state index in [1.165, 1.54) is 6.20 Å². The van der Waals surface area contributed by atoms with E-state index in [0.717, 1.165) is 18.7 Å². The van der Waals surface area contributed by atoms with Gasteiger partial charge in [-0.15, -0.1) is 0 Å². The third kappa shape index (κ3) is 2.64. The minimum absolute atomic E-state index is 0.103. The Hall–Kier alpha value is -1.98. The normalized spacial score (nSPS) is 16.7. The number of pyridine rings is 1. The van der Waals surface area contributed by atoms with Crippen molar-refractivity contribution < 1.29 is 19.1 Å². The number of hydrogen-bond donors (Lipinski definition) is 2. The molecule has 1 aliphatic rings. The van der Waals surface area contributed by atoms with Crippen LogP contribution in [0.4, 0.5) is 4.39 Å². The number of carbonyl (C=O) groups excluding carboxylic acids is 1. The summed E-state index contributed by atoms with van der Waals surface area (Å²) in [6.07, 6.45) is 4.30. The molecule has 0 unspecified atom stereocenters. The van der Waals surface area contributed by atoms with E-state index in [0.29, 0.717) is 12.8 Å². The van der Waals surface area contributed by atoms with Gasteiger partial charge in [0.05, 0.1) is 23.7 Å². The Morgan fingerprint density at radius 3 is 2.67 bits per heavy atom. The lowest BCUT2D eigenvalue weighted by Crippen LogP contribution is -2.54. The number of rotatable bonds is 4. The van der Waals surface area contributed by atoms with Gasteiger partial charge in [0, 0.05) is 6.20 Å². The number of halogens is 1. The first kappa shape index (κ1) is 12.5. The van der Waals surface area contributed by atoms with Gasteiger partial charge in [0.15, 0.2) is 0 Å². The summed E-state index contributed by atoms with van der Waals surface area (Å²) in [6.45, 7) is 0. The zero-order valence-corrected chi connectivity index (χ0v) is 9.65. The SMILES string of the molecule is O=C(O)CC1(NC(=O)c2cncc(F)c2)CCC1. The number of aliphatic carboxylic acids is 1. The van der Waals surface area contributed by atoms with Crippen molar-refractivity contribution in [3.8, 4) is 0 Å². The van der Waals surface area contributed by atoms with Crippen LogP contribution in [0.1, 0.15) is 36.0 Å². The molecule has 0 atom stereocenters. The lowest BCUT2D eigenvalue weighted by Gasteiger charge is -2.41. The molecule has 1 amide bonds. The highest BCUT2D eigenvalue weighted by molar-refractivity contribution is 5.94. The quantitative estimate of drug-likeness (QED) is 0.847. The number of aromatic nitrogens is 1. The smallest absolute Gasteiger partial charge is 0.305 e. The summed E-state index contributed by atoms with van der Waals surface area (Å²) in [4.78, 5) is 26.2. The number of carboxylic acid groups (broad SMARTS) is 1. The first-order valence-corrected chi connectivity index (χ1v) is 5.66. The molecule has 6 heteroatoms. The molecule has 2 rings (SSSR count). The number of hydrogen-bond acceptors (Lipinski definition) is 3. The molecular weight excluding hydrogens is 239 g/mol. The molecule has 1 aromatic heterocycles. The molecule has 0 bridgehead atoms. The largest absolute Gasteiger partial charge is 0.481 e. The van der Waals surface area contributed by atoms with Crippen molar-refractivity contribution in [1.29, 1.82) is 0 Å². The van der Waals surface area contributed by atoms with Gasteiger partial charge in [-0.25, -0.2) is 4.39 Å². The van der Waals surface area contributed by atoms with Crippen LogP contribution in [0, 0.1) is 5.82 Å². The summed E-state index contributed by atoms with van der Waals surface area (Å²) in [5.41, 5.74) is -0.582. The van der Waals surface area contributed by atoms with Gasteiger partial charge >= 0.3 is 5.97 Å². The second-order valence-electron chi connectivity index (χ2n) is 4.55. The lowest BCUT2D eigenvalue weighted by molar-refractivity contribution is -0.139. The molecule has 0 aliphatic heterocycles. The third-order valence-corrected chi connectivity index (χ3v) is 3.15. The molecular formula is C12H13FN2O3. The van der Waals surface area contributed by atoms with E-state index in [-0.39, 0.29) is 12.0 Å². The van der Waals surface area contributed by atoms with E-state index in [2.05, 4.69) is 10.3 Å². The highest BCUT2D eigenvalue weighted by Gasteiger charge is 2.40.